The molecule has 0 aromatic heterocycles. The number of ether oxygens (including phenoxy) is 2. The molecule has 2 saturated heterocycles. The first-order valence-electron chi connectivity index (χ1n) is 11.2. The standard InChI is InChI=1S/C25H27ClN2O5/c1-2-32-20-11-9-19(10-12-20)28-24(30)15-22(25(28)31)27(16-21-4-3-13-33-21)23(29)14-17-5-7-18(26)8-6-17/h5-12,21-22H,2-4,13-16H2,1H3. The predicted octanol–water partition coefficient (Wildman–Crippen LogP) is 3.62. The van der Waals surface area contributed by atoms with Crippen molar-refractivity contribution in [2.24, 2.45) is 0 Å². The molecule has 3 amide bonds. The molecule has 2 atom stereocenters. The average Bonchev–Trinajstić information content (AvgIpc) is 3.42. The highest BCUT2D eigenvalue weighted by molar-refractivity contribution is 6.30. The van der Waals surface area contributed by atoms with E-state index in [2.05, 4.69) is 0 Å². The smallest absolute Gasteiger partial charge is 0.257 e. The number of nitrogens with zero attached hydrogens (tertiary/aromatic N) is 2. The summed E-state index contributed by atoms with van der Waals surface area (Å²) in [6.45, 7) is 3.33. The van der Waals surface area contributed by atoms with Gasteiger partial charge in [-0.1, -0.05) is 23.7 Å². The van der Waals surface area contributed by atoms with Gasteiger partial charge in [-0.05, 0) is 61.7 Å². The number of hydrogen-bond donors (Lipinski definition) is 0. The second-order valence-corrected chi connectivity index (χ2v) is 8.64. The van der Waals surface area contributed by atoms with E-state index in [1.165, 1.54) is 9.80 Å². The molecule has 7 nitrogen and oxygen atoms in total. The molecule has 174 valence electrons. The lowest BCUT2D eigenvalue weighted by Crippen LogP contribution is -2.49. The molecule has 4 rings (SSSR count). The minimum atomic E-state index is -0.854. The summed E-state index contributed by atoms with van der Waals surface area (Å²) in [5.41, 5.74) is 1.26. The Morgan fingerprint density at radius 2 is 1.88 bits per heavy atom. The molecule has 0 radical (unpaired) electrons. The highest BCUT2D eigenvalue weighted by Gasteiger charge is 2.45. The predicted molar refractivity (Wildman–Crippen MR) is 124 cm³/mol. The van der Waals surface area contributed by atoms with E-state index in [1.807, 2.05) is 6.92 Å². The van der Waals surface area contributed by atoms with Crippen LogP contribution in [0.1, 0.15) is 31.7 Å². The third-order valence-corrected chi connectivity index (χ3v) is 6.17. The molecule has 0 saturated carbocycles. The molecule has 2 aliphatic rings. The van der Waals surface area contributed by atoms with E-state index in [1.54, 1.807) is 48.5 Å². The zero-order valence-corrected chi connectivity index (χ0v) is 19.3. The van der Waals surface area contributed by atoms with Crippen molar-refractivity contribution in [1.82, 2.24) is 4.90 Å². The van der Waals surface area contributed by atoms with Crippen molar-refractivity contribution < 1.29 is 23.9 Å². The summed E-state index contributed by atoms with van der Waals surface area (Å²) in [6.07, 6.45) is 1.67. The summed E-state index contributed by atoms with van der Waals surface area (Å²) >= 11 is 5.96. The molecule has 2 fully saturated rings. The van der Waals surface area contributed by atoms with Gasteiger partial charge in [0.25, 0.3) is 5.91 Å². The molecule has 0 aliphatic carbocycles. The first kappa shape index (κ1) is 23.3. The maximum Gasteiger partial charge on any atom is 0.257 e. The Balaban J connectivity index is 1.55. The van der Waals surface area contributed by atoms with E-state index < -0.39 is 11.9 Å². The molecular formula is C25H27ClN2O5. The first-order valence-corrected chi connectivity index (χ1v) is 11.6. The van der Waals surface area contributed by atoms with Gasteiger partial charge in [0.1, 0.15) is 11.8 Å². The summed E-state index contributed by atoms with van der Waals surface area (Å²) in [7, 11) is 0. The van der Waals surface area contributed by atoms with Crippen LogP contribution in [0.2, 0.25) is 5.02 Å². The number of benzene rings is 2. The van der Waals surface area contributed by atoms with Crippen molar-refractivity contribution in [2.75, 3.05) is 24.7 Å². The van der Waals surface area contributed by atoms with Crippen LogP contribution < -0.4 is 9.64 Å². The zero-order valence-electron chi connectivity index (χ0n) is 18.5. The zero-order chi connectivity index (χ0) is 23.4. The van der Waals surface area contributed by atoms with Gasteiger partial charge in [0.05, 0.1) is 31.2 Å². The van der Waals surface area contributed by atoms with E-state index in [4.69, 9.17) is 21.1 Å². The minimum Gasteiger partial charge on any atom is -0.494 e. The molecule has 0 N–H and O–H groups in total. The fourth-order valence-corrected chi connectivity index (χ4v) is 4.40. The number of rotatable bonds is 8. The van der Waals surface area contributed by atoms with Crippen LogP contribution in [0, 0.1) is 0 Å². The Morgan fingerprint density at radius 1 is 1.15 bits per heavy atom. The van der Waals surface area contributed by atoms with E-state index in [0.717, 1.165) is 18.4 Å². The maximum absolute atomic E-state index is 13.4. The van der Waals surface area contributed by atoms with E-state index in [-0.39, 0.29) is 37.3 Å². The molecular weight excluding hydrogens is 444 g/mol. The molecule has 33 heavy (non-hydrogen) atoms. The van der Waals surface area contributed by atoms with Gasteiger partial charge in [-0.15, -0.1) is 0 Å². The van der Waals surface area contributed by atoms with Crippen molar-refractivity contribution in [1.29, 1.82) is 0 Å². The minimum absolute atomic E-state index is 0.0505. The lowest BCUT2D eigenvalue weighted by Gasteiger charge is -2.30. The number of halogens is 1. The number of carbonyl (C=O) groups is 3. The van der Waals surface area contributed by atoms with E-state index >= 15 is 0 Å². The number of anilines is 1. The topological polar surface area (TPSA) is 76.2 Å². The van der Waals surface area contributed by atoms with Gasteiger partial charge >= 0.3 is 0 Å². The summed E-state index contributed by atoms with van der Waals surface area (Å²) < 4.78 is 11.2. The molecule has 2 aromatic carbocycles. The van der Waals surface area contributed by atoms with Gasteiger partial charge in [-0.3, -0.25) is 14.4 Å². The lowest BCUT2D eigenvalue weighted by molar-refractivity contribution is -0.139. The average molecular weight is 471 g/mol. The summed E-state index contributed by atoms with van der Waals surface area (Å²) in [5, 5.41) is 0.588. The van der Waals surface area contributed by atoms with Gasteiger partial charge in [-0.25, -0.2) is 4.90 Å². The van der Waals surface area contributed by atoms with Gasteiger partial charge in [0, 0.05) is 18.2 Å². The fraction of sp³-hybridized carbons (Fsp3) is 0.400. The Bertz CT molecular complexity index is 1000. The third-order valence-electron chi connectivity index (χ3n) is 5.92. The second kappa shape index (κ2) is 10.4. The van der Waals surface area contributed by atoms with Gasteiger partial charge in [-0.2, -0.15) is 0 Å². The molecule has 2 unspecified atom stereocenters. The second-order valence-electron chi connectivity index (χ2n) is 8.20. The van der Waals surface area contributed by atoms with Crippen LogP contribution in [-0.2, 0) is 25.5 Å². The maximum atomic E-state index is 13.4. The fourth-order valence-electron chi connectivity index (χ4n) is 4.28. The van der Waals surface area contributed by atoms with E-state index in [0.29, 0.717) is 29.7 Å². The van der Waals surface area contributed by atoms with Crippen molar-refractivity contribution in [3.63, 3.8) is 0 Å². The van der Waals surface area contributed by atoms with Crippen LogP contribution in [0.25, 0.3) is 0 Å². The molecule has 2 aliphatic heterocycles. The normalized spacial score (nSPS) is 20.4. The monoisotopic (exact) mass is 470 g/mol. The lowest BCUT2D eigenvalue weighted by atomic mass is 10.1. The molecule has 0 spiro atoms. The van der Waals surface area contributed by atoms with Crippen molar-refractivity contribution >= 4 is 35.0 Å². The molecule has 0 bridgehead atoms. The Hall–Kier alpha value is -2.90. The highest BCUT2D eigenvalue weighted by atomic mass is 35.5. The van der Waals surface area contributed by atoms with Crippen LogP contribution in [0.15, 0.2) is 48.5 Å². The quantitative estimate of drug-likeness (QED) is 0.551. The Kier molecular flexibility index (Phi) is 7.30. The van der Waals surface area contributed by atoms with Crippen molar-refractivity contribution in [3.8, 4) is 5.75 Å². The van der Waals surface area contributed by atoms with Crippen LogP contribution in [0.5, 0.6) is 5.75 Å². The SMILES string of the molecule is CCOc1ccc(N2C(=O)CC(N(CC3CCCO3)C(=O)Cc3ccc(Cl)cc3)C2=O)cc1. The molecule has 8 heteroatoms. The summed E-state index contributed by atoms with van der Waals surface area (Å²) in [6, 6.07) is 13.0. The van der Waals surface area contributed by atoms with Crippen molar-refractivity contribution in [2.45, 2.75) is 44.8 Å². The van der Waals surface area contributed by atoms with Crippen LogP contribution >= 0.6 is 11.6 Å². The first-order chi connectivity index (χ1) is 16.0. The van der Waals surface area contributed by atoms with Crippen LogP contribution in [0.3, 0.4) is 0 Å². The van der Waals surface area contributed by atoms with E-state index in [9.17, 15) is 14.4 Å². The summed E-state index contributed by atoms with van der Waals surface area (Å²) in [5.74, 6) is -0.278. The Labute approximate surface area is 198 Å². The Morgan fingerprint density at radius 3 is 2.52 bits per heavy atom. The van der Waals surface area contributed by atoms with Gasteiger partial charge in [0.15, 0.2) is 0 Å². The van der Waals surface area contributed by atoms with Crippen molar-refractivity contribution in [3.05, 3.63) is 59.1 Å². The largest absolute Gasteiger partial charge is 0.494 e. The number of amides is 3. The summed E-state index contributed by atoms with van der Waals surface area (Å²) in [4.78, 5) is 42.2. The number of hydrogen-bond acceptors (Lipinski definition) is 5. The molecule has 2 aromatic rings. The van der Waals surface area contributed by atoms with Crippen LogP contribution in [0.4, 0.5) is 5.69 Å². The van der Waals surface area contributed by atoms with Crippen LogP contribution in [-0.4, -0.2) is 54.5 Å². The number of carbonyl (C=O) groups excluding carboxylic acids is 3. The molecule has 2 heterocycles. The van der Waals surface area contributed by atoms with Gasteiger partial charge < -0.3 is 14.4 Å². The highest BCUT2D eigenvalue weighted by Crippen LogP contribution is 2.29. The third kappa shape index (κ3) is 5.37. The number of imide groups is 1. The van der Waals surface area contributed by atoms with Gasteiger partial charge in [0.2, 0.25) is 11.8 Å².